The number of hydrogen-bond acceptors (Lipinski definition) is 5. The molecule has 1 amide bonds. The van der Waals surface area contributed by atoms with E-state index >= 15 is 0 Å². The lowest BCUT2D eigenvalue weighted by atomic mass is 9.98. The van der Waals surface area contributed by atoms with Crippen LogP contribution in [0.5, 0.6) is 0 Å². The Morgan fingerprint density at radius 2 is 1.97 bits per heavy atom. The third-order valence-electron chi connectivity index (χ3n) is 5.73. The van der Waals surface area contributed by atoms with Crippen LogP contribution in [0.2, 0.25) is 0 Å². The van der Waals surface area contributed by atoms with Gasteiger partial charge in [-0.05, 0) is 50.3 Å². The van der Waals surface area contributed by atoms with Crippen LogP contribution in [0.3, 0.4) is 0 Å². The van der Waals surface area contributed by atoms with Gasteiger partial charge in [0, 0.05) is 30.9 Å². The highest BCUT2D eigenvalue weighted by atomic mass is 32.2. The molecule has 1 fully saturated rings. The van der Waals surface area contributed by atoms with Gasteiger partial charge in [0.2, 0.25) is 5.91 Å². The van der Waals surface area contributed by atoms with Gasteiger partial charge in [0.25, 0.3) is 10.0 Å². The number of hydrogen-bond donors (Lipinski definition) is 1. The zero-order valence-corrected chi connectivity index (χ0v) is 19.2. The van der Waals surface area contributed by atoms with E-state index in [0.29, 0.717) is 30.1 Å². The van der Waals surface area contributed by atoms with Crippen LogP contribution in [0.25, 0.3) is 5.69 Å². The third kappa shape index (κ3) is 4.44. The number of aromatic nitrogens is 2. The summed E-state index contributed by atoms with van der Waals surface area (Å²) in [5.74, 6) is -0.467. The highest BCUT2D eigenvalue weighted by molar-refractivity contribution is 7.91. The van der Waals surface area contributed by atoms with Crippen molar-refractivity contribution in [1.29, 1.82) is 0 Å². The molecule has 31 heavy (non-hydrogen) atoms. The second-order valence-electron chi connectivity index (χ2n) is 7.75. The van der Waals surface area contributed by atoms with E-state index in [0.717, 1.165) is 22.6 Å². The molecule has 1 atom stereocenters. The van der Waals surface area contributed by atoms with Crippen molar-refractivity contribution < 1.29 is 13.2 Å². The summed E-state index contributed by atoms with van der Waals surface area (Å²) >= 11 is 1.20. The quantitative estimate of drug-likeness (QED) is 0.614. The lowest BCUT2D eigenvalue weighted by Gasteiger charge is -2.30. The molecule has 0 spiro atoms. The largest absolute Gasteiger partial charge is 0.352 e. The SMILES string of the molecule is Cc1nn(-c2ccccc2)c(C)c1CNC(=O)[C@H]1CCCN(S(=O)(=O)c2cccs2)C1. The summed E-state index contributed by atoms with van der Waals surface area (Å²) < 4.78 is 29.3. The first kappa shape index (κ1) is 21.7. The Morgan fingerprint density at radius 1 is 1.19 bits per heavy atom. The summed E-state index contributed by atoms with van der Waals surface area (Å²) in [6.45, 7) is 4.96. The number of nitrogens with one attached hydrogen (secondary N) is 1. The van der Waals surface area contributed by atoms with E-state index in [2.05, 4.69) is 10.4 Å². The molecule has 1 saturated heterocycles. The summed E-state index contributed by atoms with van der Waals surface area (Å²) in [6, 6.07) is 13.2. The first-order valence-electron chi connectivity index (χ1n) is 10.3. The fourth-order valence-corrected chi connectivity index (χ4v) is 6.65. The monoisotopic (exact) mass is 458 g/mol. The molecule has 3 heterocycles. The standard InChI is InChI=1S/C22H26N4O3S2/c1-16-20(17(2)26(24-16)19-9-4-3-5-10-19)14-23-22(27)18-8-6-12-25(15-18)31(28,29)21-11-7-13-30-21/h3-5,7,9-11,13,18H,6,8,12,14-15H2,1-2H3,(H,23,27)/t18-/m0/s1. The predicted octanol–water partition coefficient (Wildman–Crippen LogP) is 3.27. The van der Waals surface area contributed by atoms with Crippen molar-refractivity contribution in [3.05, 3.63) is 64.8 Å². The number of rotatable bonds is 6. The molecule has 4 rings (SSSR count). The number of aryl methyl sites for hydroxylation is 1. The predicted molar refractivity (Wildman–Crippen MR) is 121 cm³/mol. The zero-order chi connectivity index (χ0) is 22.0. The number of thiophene rings is 1. The van der Waals surface area contributed by atoms with Crippen molar-refractivity contribution in [2.75, 3.05) is 13.1 Å². The van der Waals surface area contributed by atoms with Crippen molar-refractivity contribution in [2.24, 2.45) is 5.92 Å². The highest BCUT2D eigenvalue weighted by Crippen LogP contribution is 2.26. The summed E-state index contributed by atoms with van der Waals surface area (Å²) in [4.78, 5) is 12.9. The van der Waals surface area contributed by atoms with Crippen molar-refractivity contribution in [2.45, 2.75) is 37.4 Å². The average molecular weight is 459 g/mol. The second-order valence-corrected chi connectivity index (χ2v) is 10.9. The number of amides is 1. The molecule has 0 aliphatic carbocycles. The molecule has 1 aromatic carbocycles. The number of nitrogens with zero attached hydrogens (tertiary/aromatic N) is 3. The number of carbonyl (C=O) groups excluding carboxylic acids is 1. The van der Waals surface area contributed by atoms with Gasteiger partial charge in [-0.15, -0.1) is 11.3 Å². The first-order chi connectivity index (χ1) is 14.9. The van der Waals surface area contributed by atoms with Crippen LogP contribution in [0.1, 0.15) is 29.8 Å². The number of piperidine rings is 1. The maximum absolute atomic E-state index is 12.9. The van der Waals surface area contributed by atoms with E-state index in [-0.39, 0.29) is 18.4 Å². The summed E-state index contributed by atoms with van der Waals surface area (Å²) in [7, 11) is -3.53. The summed E-state index contributed by atoms with van der Waals surface area (Å²) in [5, 5.41) is 9.38. The van der Waals surface area contributed by atoms with Crippen LogP contribution in [0.4, 0.5) is 0 Å². The second kappa shape index (κ2) is 8.94. The average Bonchev–Trinajstić information content (AvgIpc) is 3.42. The van der Waals surface area contributed by atoms with Gasteiger partial charge >= 0.3 is 0 Å². The zero-order valence-electron chi connectivity index (χ0n) is 17.6. The smallest absolute Gasteiger partial charge is 0.252 e. The maximum atomic E-state index is 12.9. The maximum Gasteiger partial charge on any atom is 0.252 e. The number of carbonyl (C=O) groups is 1. The van der Waals surface area contributed by atoms with Crippen LogP contribution in [0.15, 0.2) is 52.1 Å². The number of sulfonamides is 1. The molecule has 0 unspecified atom stereocenters. The molecule has 1 N–H and O–H groups in total. The molecule has 164 valence electrons. The number of para-hydroxylation sites is 1. The van der Waals surface area contributed by atoms with Crippen LogP contribution in [0, 0.1) is 19.8 Å². The minimum Gasteiger partial charge on any atom is -0.352 e. The van der Waals surface area contributed by atoms with Gasteiger partial charge < -0.3 is 5.32 Å². The summed E-state index contributed by atoms with van der Waals surface area (Å²) in [6.07, 6.45) is 1.36. The Balaban J connectivity index is 1.43. The normalized spacial score (nSPS) is 17.5. The molecule has 0 radical (unpaired) electrons. The van der Waals surface area contributed by atoms with Gasteiger partial charge in [-0.1, -0.05) is 24.3 Å². The third-order valence-corrected chi connectivity index (χ3v) is 8.96. The summed E-state index contributed by atoms with van der Waals surface area (Å²) in [5.41, 5.74) is 3.81. The van der Waals surface area contributed by atoms with E-state index in [1.54, 1.807) is 17.5 Å². The fourth-order valence-electron chi connectivity index (χ4n) is 3.98. The van der Waals surface area contributed by atoms with Crippen LogP contribution in [-0.2, 0) is 21.4 Å². The van der Waals surface area contributed by atoms with Gasteiger partial charge in [0.05, 0.1) is 17.3 Å². The Morgan fingerprint density at radius 3 is 2.68 bits per heavy atom. The van der Waals surface area contributed by atoms with E-state index < -0.39 is 10.0 Å². The molecule has 2 aromatic heterocycles. The number of benzene rings is 1. The van der Waals surface area contributed by atoms with E-state index in [1.165, 1.54) is 15.6 Å². The van der Waals surface area contributed by atoms with Gasteiger partial charge in [-0.3, -0.25) is 4.79 Å². The molecule has 7 nitrogen and oxygen atoms in total. The molecular formula is C22H26N4O3S2. The minimum absolute atomic E-state index is 0.114. The Labute approximate surface area is 186 Å². The lowest BCUT2D eigenvalue weighted by Crippen LogP contribution is -2.45. The van der Waals surface area contributed by atoms with Crippen molar-refractivity contribution in [1.82, 2.24) is 19.4 Å². The molecule has 1 aliphatic rings. The first-order valence-corrected chi connectivity index (χ1v) is 12.6. The van der Waals surface area contributed by atoms with Crippen molar-refractivity contribution in [3.8, 4) is 5.69 Å². The lowest BCUT2D eigenvalue weighted by molar-refractivity contribution is -0.126. The molecule has 9 heteroatoms. The van der Waals surface area contributed by atoms with Crippen LogP contribution < -0.4 is 5.32 Å². The molecule has 0 saturated carbocycles. The van der Waals surface area contributed by atoms with E-state index in [9.17, 15) is 13.2 Å². The highest BCUT2D eigenvalue weighted by Gasteiger charge is 2.33. The Kier molecular flexibility index (Phi) is 6.27. The molecule has 1 aliphatic heterocycles. The topological polar surface area (TPSA) is 84.3 Å². The molecular weight excluding hydrogens is 432 g/mol. The van der Waals surface area contributed by atoms with E-state index in [1.807, 2.05) is 48.9 Å². The van der Waals surface area contributed by atoms with Crippen LogP contribution >= 0.6 is 11.3 Å². The van der Waals surface area contributed by atoms with Gasteiger partial charge in [-0.2, -0.15) is 9.40 Å². The molecule has 3 aromatic rings. The van der Waals surface area contributed by atoms with E-state index in [4.69, 9.17) is 0 Å². The van der Waals surface area contributed by atoms with Crippen molar-refractivity contribution >= 4 is 27.3 Å². The van der Waals surface area contributed by atoms with Gasteiger partial charge in [0.15, 0.2) is 0 Å². The Bertz CT molecular complexity index is 1160. The van der Waals surface area contributed by atoms with Gasteiger partial charge in [-0.25, -0.2) is 13.1 Å². The minimum atomic E-state index is -3.53. The van der Waals surface area contributed by atoms with Crippen molar-refractivity contribution in [3.63, 3.8) is 0 Å². The molecule has 0 bridgehead atoms. The Hall–Kier alpha value is -2.49. The van der Waals surface area contributed by atoms with Gasteiger partial charge in [0.1, 0.15) is 4.21 Å². The fraction of sp³-hybridized carbons (Fsp3) is 0.364. The van der Waals surface area contributed by atoms with Crippen LogP contribution in [-0.4, -0.2) is 41.5 Å².